The van der Waals surface area contributed by atoms with Crippen molar-refractivity contribution in [3.8, 4) is 0 Å². The molecule has 25 heavy (non-hydrogen) atoms. The third-order valence-corrected chi connectivity index (χ3v) is 5.75. The molecule has 4 rings (SSSR count). The van der Waals surface area contributed by atoms with E-state index in [9.17, 15) is 4.79 Å². The Kier molecular flexibility index (Phi) is 4.21. The highest BCUT2D eigenvalue weighted by molar-refractivity contribution is 7.09. The molecule has 3 aromatic rings. The third-order valence-electron chi connectivity index (χ3n) is 4.88. The number of furan rings is 1. The summed E-state index contributed by atoms with van der Waals surface area (Å²) in [6.07, 6.45) is 4.60. The average molecular weight is 355 g/mol. The van der Waals surface area contributed by atoms with Gasteiger partial charge in [-0.3, -0.25) is 0 Å². The number of hydrogen-bond acceptors (Lipinski definition) is 4. The first-order chi connectivity index (χ1) is 12.2. The second-order valence-corrected chi connectivity index (χ2v) is 7.26. The van der Waals surface area contributed by atoms with Crippen LogP contribution >= 0.6 is 11.3 Å². The fourth-order valence-corrected chi connectivity index (χ4v) is 4.37. The topological polar surface area (TPSA) is 58.4 Å². The van der Waals surface area contributed by atoms with Crippen LogP contribution in [0.5, 0.6) is 0 Å². The molecule has 5 nitrogen and oxygen atoms in total. The molecule has 1 aromatic carbocycles. The molecule has 1 aliphatic heterocycles. The summed E-state index contributed by atoms with van der Waals surface area (Å²) in [5, 5.41) is 7.08. The molecule has 1 unspecified atom stereocenters. The monoisotopic (exact) mass is 355 g/mol. The number of fused-ring (bicyclic) bond motifs is 1. The molecule has 0 spiro atoms. The van der Waals surface area contributed by atoms with E-state index in [1.165, 1.54) is 0 Å². The zero-order valence-electron chi connectivity index (χ0n) is 14.4. The van der Waals surface area contributed by atoms with Gasteiger partial charge in [0.1, 0.15) is 10.8 Å². The molecule has 0 radical (unpaired) electrons. The van der Waals surface area contributed by atoms with E-state index in [1.807, 2.05) is 28.5 Å². The van der Waals surface area contributed by atoms with Crippen molar-refractivity contribution in [2.24, 2.45) is 0 Å². The minimum atomic E-state index is -0.0858. The standard InChI is InChI=1S/C19H21N3O2S/c1-3-16-12(2)13-6-4-7-14(17(13)24-16)21-19(23)22-10-5-8-15(22)18-20-9-11-25-18/h4,6-7,9,11,15H,3,5,8,10H2,1-2H3,(H,21,23). The maximum Gasteiger partial charge on any atom is 0.322 e. The molecule has 6 heteroatoms. The van der Waals surface area contributed by atoms with Gasteiger partial charge in [-0.2, -0.15) is 0 Å². The Hall–Kier alpha value is -2.34. The number of rotatable bonds is 3. The van der Waals surface area contributed by atoms with Crippen molar-refractivity contribution >= 4 is 34.0 Å². The molecule has 2 aromatic heterocycles. The number of para-hydroxylation sites is 1. The lowest BCUT2D eigenvalue weighted by molar-refractivity contribution is 0.207. The number of carbonyl (C=O) groups excluding carboxylic acids is 1. The molecule has 130 valence electrons. The smallest absolute Gasteiger partial charge is 0.322 e. The number of anilines is 1. The molecule has 0 aliphatic carbocycles. The quantitative estimate of drug-likeness (QED) is 0.708. The number of aryl methyl sites for hydroxylation is 2. The molecule has 1 atom stereocenters. The molecule has 1 aliphatic rings. The Morgan fingerprint density at radius 1 is 1.48 bits per heavy atom. The largest absolute Gasteiger partial charge is 0.459 e. The summed E-state index contributed by atoms with van der Waals surface area (Å²) in [7, 11) is 0. The first kappa shape index (κ1) is 16.1. The minimum absolute atomic E-state index is 0.0729. The second kappa shape index (κ2) is 6.52. The summed E-state index contributed by atoms with van der Waals surface area (Å²) in [5.41, 5.74) is 2.64. The lowest BCUT2D eigenvalue weighted by atomic mass is 10.1. The van der Waals surface area contributed by atoms with E-state index >= 15 is 0 Å². The van der Waals surface area contributed by atoms with Crippen molar-refractivity contribution in [2.45, 2.75) is 39.2 Å². The van der Waals surface area contributed by atoms with Crippen LogP contribution in [0.4, 0.5) is 10.5 Å². The molecule has 1 saturated heterocycles. The van der Waals surface area contributed by atoms with Gasteiger partial charge < -0.3 is 14.6 Å². The predicted molar refractivity (Wildman–Crippen MR) is 100 cm³/mol. The number of amides is 2. The van der Waals surface area contributed by atoms with E-state index in [1.54, 1.807) is 17.5 Å². The van der Waals surface area contributed by atoms with Crippen molar-refractivity contribution in [3.05, 3.63) is 46.1 Å². The summed E-state index contributed by atoms with van der Waals surface area (Å²) >= 11 is 1.61. The summed E-state index contributed by atoms with van der Waals surface area (Å²) < 4.78 is 6.00. The van der Waals surface area contributed by atoms with Crippen molar-refractivity contribution in [2.75, 3.05) is 11.9 Å². The normalized spacial score (nSPS) is 17.4. The zero-order valence-corrected chi connectivity index (χ0v) is 15.2. The molecule has 2 amide bonds. The van der Waals surface area contributed by atoms with Crippen molar-refractivity contribution < 1.29 is 9.21 Å². The number of carbonyl (C=O) groups is 1. The van der Waals surface area contributed by atoms with Crippen LogP contribution in [0, 0.1) is 6.92 Å². The Bertz CT molecular complexity index is 901. The van der Waals surface area contributed by atoms with Crippen LogP contribution < -0.4 is 5.32 Å². The van der Waals surface area contributed by atoms with Crippen molar-refractivity contribution in [3.63, 3.8) is 0 Å². The lowest BCUT2D eigenvalue weighted by Gasteiger charge is -2.23. The molecule has 0 saturated carbocycles. The first-order valence-electron chi connectivity index (χ1n) is 8.67. The number of aromatic nitrogens is 1. The molecule has 1 N–H and O–H groups in total. The molecule has 1 fully saturated rings. The molecular weight excluding hydrogens is 334 g/mol. The van der Waals surface area contributed by atoms with Crippen LogP contribution in [-0.4, -0.2) is 22.5 Å². The summed E-state index contributed by atoms with van der Waals surface area (Å²) in [5.74, 6) is 0.971. The number of nitrogens with zero attached hydrogens (tertiary/aromatic N) is 2. The number of hydrogen-bond donors (Lipinski definition) is 1. The van der Waals surface area contributed by atoms with E-state index in [0.717, 1.165) is 58.8 Å². The number of likely N-dealkylation sites (tertiary alicyclic amines) is 1. The Labute approximate surface area is 150 Å². The maximum absolute atomic E-state index is 12.9. The van der Waals surface area contributed by atoms with Crippen LogP contribution in [0.25, 0.3) is 11.0 Å². The van der Waals surface area contributed by atoms with E-state index < -0.39 is 0 Å². The van der Waals surface area contributed by atoms with Crippen LogP contribution in [-0.2, 0) is 6.42 Å². The highest BCUT2D eigenvalue weighted by Gasteiger charge is 2.32. The lowest BCUT2D eigenvalue weighted by Crippen LogP contribution is -2.34. The van der Waals surface area contributed by atoms with Gasteiger partial charge in [-0.05, 0) is 31.4 Å². The van der Waals surface area contributed by atoms with E-state index in [0.29, 0.717) is 0 Å². The van der Waals surface area contributed by atoms with Gasteiger partial charge in [-0.25, -0.2) is 9.78 Å². The maximum atomic E-state index is 12.9. The van der Waals surface area contributed by atoms with Gasteiger partial charge >= 0.3 is 6.03 Å². The second-order valence-electron chi connectivity index (χ2n) is 6.34. The molecule has 3 heterocycles. The number of urea groups is 1. The van der Waals surface area contributed by atoms with E-state index in [2.05, 4.69) is 24.1 Å². The van der Waals surface area contributed by atoms with Crippen LogP contribution in [0.15, 0.2) is 34.2 Å². The van der Waals surface area contributed by atoms with Crippen LogP contribution in [0.3, 0.4) is 0 Å². The average Bonchev–Trinajstić information content (AvgIpc) is 3.35. The van der Waals surface area contributed by atoms with Gasteiger partial charge in [0.15, 0.2) is 5.58 Å². The van der Waals surface area contributed by atoms with Crippen molar-refractivity contribution in [1.82, 2.24) is 9.88 Å². The Morgan fingerprint density at radius 3 is 3.12 bits per heavy atom. The highest BCUT2D eigenvalue weighted by Crippen LogP contribution is 2.35. The Balaban J connectivity index is 1.62. The van der Waals surface area contributed by atoms with Gasteiger partial charge in [0.05, 0.1) is 11.7 Å². The highest BCUT2D eigenvalue weighted by atomic mass is 32.1. The predicted octanol–water partition coefficient (Wildman–Crippen LogP) is 5.13. The van der Waals surface area contributed by atoms with Crippen LogP contribution in [0.2, 0.25) is 0 Å². The fraction of sp³-hybridized carbons (Fsp3) is 0.368. The van der Waals surface area contributed by atoms with Gasteiger partial charge in [-0.1, -0.05) is 19.1 Å². The van der Waals surface area contributed by atoms with E-state index in [-0.39, 0.29) is 12.1 Å². The number of benzene rings is 1. The summed E-state index contributed by atoms with van der Waals surface area (Å²) in [6, 6.07) is 5.89. The number of nitrogens with one attached hydrogen (secondary N) is 1. The number of thiazole rings is 1. The minimum Gasteiger partial charge on any atom is -0.459 e. The van der Waals surface area contributed by atoms with E-state index in [4.69, 9.17) is 4.42 Å². The van der Waals surface area contributed by atoms with Gasteiger partial charge in [-0.15, -0.1) is 11.3 Å². The SMILES string of the molecule is CCc1oc2c(NC(=O)N3CCCC3c3nccs3)cccc2c1C. The Morgan fingerprint density at radius 2 is 2.36 bits per heavy atom. The van der Waals surface area contributed by atoms with Crippen LogP contribution in [0.1, 0.15) is 42.1 Å². The third kappa shape index (κ3) is 2.80. The molecular formula is C19H21N3O2S. The summed E-state index contributed by atoms with van der Waals surface area (Å²) in [6.45, 7) is 4.89. The summed E-state index contributed by atoms with van der Waals surface area (Å²) in [4.78, 5) is 19.2. The van der Waals surface area contributed by atoms with Crippen molar-refractivity contribution in [1.29, 1.82) is 0 Å². The zero-order chi connectivity index (χ0) is 17.4. The van der Waals surface area contributed by atoms with Gasteiger partial charge in [0.25, 0.3) is 0 Å². The van der Waals surface area contributed by atoms with Gasteiger partial charge in [0.2, 0.25) is 0 Å². The van der Waals surface area contributed by atoms with Gasteiger partial charge in [0, 0.05) is 29.9 Å². The fourth-order valence-electron chi connectivity index (χ4n) is 3.58. The molecule has 0 bridgehead atoms. The first-order valence-corrected chi connectivity index (χ1v) is 9.55.